The summed E-state index contributed by atoms with van der Waals surface area (Å²) in [6.07, 6.45) is 17.1. The summed E-state index contributed by atoms with van der Waals surface area (Å²) in [6.45, 7) is 9.73. The summed E-state index contributed by atoms with van der Waals surface area (Å²) in [6, 6.07) is 0. The fraction of sp³-hybridized carbons (Fsp3) is 0.905. The molecule has 0 bridgehead atoms. The van der Waals surface area contributed by atoms with Gasteiger partial charge in [0.1, 0.15) is 0 Å². The predicted molar refractivity (Wildman–Crippen MR) is 109 cm³/mol. The first kappa shape index (κ1) is 23.2. The van der Waals surface area contributed by atoms with Gasteiger partial charge in [0.15, 0.2) is 0 Å². The molecule has 0 rings (SSSR count). The first-order valence-electron chi connectivity index (χ1n) is 10.5. The third kappa shape index (κ3) is 9.97. The van der Waals surface area contributed by atoms with Crippen molar-refractivity contribution in [3.8, 4) is 0 Å². The van der Waals surface area contributed by atoms with Gasteiger partial charge in [0, 0.05) is 0 Å². The molecule has 0 unspecified atom stereocenters. The second kappa shape index (κ2) is 15.8. The zero-order chi connectivity index (χ0) is 17.4. The van der Waals surface area contributed by atoms with E-state index in [9.17, 15) is 0 Å². The van der Waals surface area contributed by atoms with Crippen LogP contribution in [0, 0.1) is 0 Å². The second-order valence-corrected chi connectivity index (χ2v) is 17.2. The van der Waals surface area contributed by atoms with E-state index in [1.807, 2.05) is 4.41 Å². The molecule has 0 amide bonds. The summed E-state index contributed by atoms with van der Waals surface area (Å²) in [5, 5.41) is 13.9. The molecule has 0 saturated heterocycles. The first-order valence-corrected chi connectivity index (χ1v) is 16.0. The van der Waals surface area contributed by atoms with Gasteiger partial charge in [-0.15, -0.1) is 0 Å². The van der Waals surface area contributed by atoms with E-state index in [0.29, 0.717) is 6.61 Å². The Hall–Kier alpha value is 0.243. The minimum absolute atomic E-state index is 0.344. The number of hydrogen-bond acceptors (Lipinski definition) is 1. The van der Waals surface area contributed by atoms with Gasteiger partial charge in [-0.05, 0) is 0 Å². The quantitative estimate of drug-likeness (QED) is 0.219. The van der Waals surface area contributed by atoms with Gasteiger partial charge in [-0.25, -0.2) is 0 Å². The minimum atomic E-state index is -1.91. The fourth-order valence-electron chi connectivity index (χ4n) is 3.72. The number of aliphatic hydroxyl groups is 1. The molecule has 138 valence electrons. The Morgan fingerprint density at radius 2 is 1.22 bits per heavy atom. The molecule has 0 aliphatic heterocycles. The van der Waals surface area contributed by atoms with Crippen molar-refractivity contribution in [1.82, 2.24) is 0 Å². The second-order valence-electron chi connectivity index (χ2n) is 7.29. The summed E-state index contributed by atoms with van der Waals surface area (Å²) >= 11 is -1.91. The Morgan fingerprint density at radius 1 is 0.739 bits per heavy atom. The molecular weight excluding hydrogens is 341 g/mol. The van der Waals surface area contributed by atoms with Crippen LogP contribution in [-0.2, 0) is 0 Å². The summed E-state index contributed by atoms with van der Waals surface area (Å²) < 4.78 is 1.93. The van der Waals surface area contributed by atoms with E-state index in [-0.39, 0.29) is 0 Å². The SMILES string of the molecule is CCCC/[C](=C/CCCO)[Ge]([CH2]CCC)([CH2]CCC)[CH2]CCC. The van der Waals surface area contributed by atoms with Crippen molar-refractivity contribution in [3.63, 3.8) is 0 Å². The molecule has 0 fully saturated rings. The predicted octanol–water partition coefficient (Wildman–Crippen LogP) is 7.26. The Morgan fingerprint density at radius 3 is 1.61 bits per heavy atom. The van der Waals surface area contributed by atoms with Gasteiger partial charge in [0.05, 0.1) is 0 Å². The molecule has 2 heteroatoms. The van der Waals surface area contributed by atoms with Crippen LogP contribution >= 0.6 is 0 Å². The zero-order valence-corrected chi connectivity index (χ0v) is 18.7. The molecule has 0 saturated carbocycles. The van der Waals surface area contributed by atoms with Crippen LogP contribution in [0.3, 0.4) is 0 Å². The van der Waals surface area contributed by atoms with E-state index in [1.54, 1.807) is 15.8 Å². The molecule has 0 aromatic carbocycles. The van der Waals surface area contributed by atoms with Crippen LogP contribution in [0.15, 0.2) is 10.5 Å². The zero-order valence-electron chi connectivity index (χ0n) is 16.6. The van der Waals surface area contributed by atoms with Crippen LogP contribution in [0.4, 0.5) is 0 Å². The summed E-state index contributed by atoms with van der Waals surface area (Å²) in [4.78, 5) is 0. The summed E-state index contributed by atoms with van der Waals surface area (Å²) in [5.74, 6) is 0. The fourth-order valence-corrected chi connectivity index (χ4v) is 16.5. The van der Waals surface area contributed by atoms with E-state index < -0.39 is 13.3 Å². The van der Waals surface area contributed by atoms with Crippen molar-refractivity contribution in [2.75, 3.05) is 6.61 Å². The van der Waals surface area contributed by atoms with E-state index in [4.69, 9.17) is 5.11 Å². The van der Waals surface area contributed by atoms with Gasteiger partial charge >= 0.3 is 150 Å². The first-order chi connectivity index (χ1) is 11.2. The van der Waals surface area contributed by atoms with Gasteiger partial charge in [-0.1, -0.05) is 0 Å². The normalized spacial score (nSPS) is 12.8. The van der Waals surface area contributed by atoms with Gasteiger partial charge in [-0.2, -0.15) is 0 Å². The van der Waals surface area contributed by atoms with E-state index >= 15 is 0 Å². The van der Waals surface area contributed by atoms with Crippen LogP contribution in [0.1, 0.15) is 98.3 Å². The molecular formula is C21H44GeO. The van der Waals surface area contributed by atoms with Crippen molar-refractivity contribution >= 4 is 13.3 Å². The molecule has 0 aliphatic carbocycles. The molecule has 0 aliphatic rings. The molecule has 0 aromatic heterocycles. The Balaban J connectivity index is 5.36. The van der Waals surface area contributed by atoms with Crippen molar-refractivity contribution in [2.24, 2.45) is 0 Å². The standard InChI is InChI=1S/C21H44GeO/c1-5-9-15-21(16-13-14-20-23)22(17-10-6-2,18-11-7-3)19-12-8-4/h16,23H,5-15,17-20H2,1-4H3/b21-16-. The van der Waals surface area contributed by atoms with Crippen LogP contribution in [0.2, 0.25) is 15.8 Å². The molecule has 1 nitrogen and oxygen atoms in total. The number of rotatable bonds is 16. The average molecular weight is 385 g/mol. The number of hydrogen-bond donors (Lipinski definition) is 1. The van der Waals surface area contributed by atoms with E-state index in [0.717, 1.165) is 12.8 Å². The van der Waals surface area contributed by atoms with Crippen LogP contribution in [0.25, 0.3) is 0 Å². The van der Waals surface area contributed by atoms with Gasteiger partial charge in [0.2, 0.25) is 0 Å². The van der Waals surface area contributed by atoms with Crippen molar-refractivity contribution in [1.29, 1.82) is 0 Å². The van der Waals surface area contributed by atoms with Crippen LogP contribution in [-0.4, -0.2) is 25.0 Å². The van der Waals surface area contributed by atoms with Gasteiger partial charge in [0.25, 0.3) is 0 Å². The van der Waals surface area contributed by atoms with E-state index in [1.165, 1.54) is 57.8 Å². The van der Waals surface area contributed by atoms with Crippen molar-refractivity contribution < 1.29 is 5.11 Å². The number of aliphatic hydroxyl groups excluding tert-OH is 1. The topological polar surface area (TPSA) is 20.2 Å². The van der Waals surface area contributed by atoms with E-state index in [2.05, 4.69) is 33.8 Å². The Bertz CT molecular complexity index is 264. The maximum atomic E-state index is 9.17. The number of unbranched alkanes of at least 4 members (excludes halogenated alkanes) is 5. The summed E-state index contributed by atoms with van der Waals surface area (Å²) in [7, 11) is 0. The monoisotopic (exact) mass is 386 g/mol. The Kier molecular flexibility index (Phi) is 15.9. The average Bonchev–Trinajstić information content (AvgIpc) is 2.58. The molecule has 0 spiro atoms. The number of allylic oxidation sites excluding steroid dienone is 2. The molecule has 0 heterocycles. The molecule has 0 atom stereocenters. The molecule has 0 radical (unpaired) electrons. The third-order valence-electron chi connectivity index (χ3n) is 5.26. The third-order valence-corrected chi connectivity index (χ3v) is 17.3. The molecule has 23 heavy (non-hydrogen) atoms. The van der Waals surface area contributed by atoms with Crippen molar-refractivity contribution in [2.45, 2.75) is 114 Å². The van der Waals surface area contributed by atoms with Crippen molar-refractivity contribution in [3.05, 3.63) is 10.5 Å². The molecule has 1 N–H and O–H groups in total. The maximum absolute atomic E-state index is 9.17. The van der Waals surface area contributed by atoms with Gasteiger partial charge in [-0.3, -0.25) is 0 Å². The summed E-state index contributed by atoms with van der Waals surface area (Å²) in [5.41, 5.74) is 0. The Labute approximate surface area is 149 Å². The molecule has 0 aromatic rings. The van der Waals surface area contributed by atoms with Crippen LogP contribution in [0.5, 0.6) is 0 Å². The van der Waals surface area contributed by atoms with Gasteiger partial charge < -0.3 is 0 Å². The van der Waals surface area contributed by atoms with Crippen LogP contribution < -0.4 is 0 Å².